The fourth-order valence-electron chi connectivity index (χ4n) is 1.60. The lowest BCUT2D eigenvalue weighted by Gasteiger charge is -2.14. The zero-order chi connectivity index (χ0) is 13.0. The number of hydrogen-bond acceptors (Lipinski definition) is 6. The van der Waals surface area contributed by atoms with E-state index in [-0.39, 0.29) is 0 Å². The zero-order valence-electron chi connectivity index (χ0n) is 10.6. The van der Waals surface area contributed by atoms with Crippen molar-refractivity contribution in [3.05, 3.63) is 30.4 Å². The smallest absolute Gasteiger partial charge is 0.193 e. The summed E-state index contributed by atoms with van der Waals surface area (Å²) in [4.78, 5) is 17.0. The van der Waals surface area contributed by atoms with Crippen LogP contribution in [0, 0.1) is 0 Å². The van der Waals surface area contributed by atoms with Gasteiger partial charge in [0.15, 0.2) is 5.16 Å². The molecule has 2 heterocycles. The van der Waals surface area contributed by atoms with Gasteiger partial charge in [-0.3, -0.25) is 0 Å². The first-order valence-electron chi connectivity index (χ1n) is 5.70. The highest BCUT2D eigenvalue weighted by molar-refractivity contribution is 7.99. The Morgan fingerprint density at radius 1 is 1.11 bits per heavy atom. The lowest BCUT2D eigenvalue weighted by atomic mass is 10.1. The van der Waals surface area contributed by atoms with Gasteiger partial charge in [-0.1, -0.05) is 13.8 Å². The van der Waals surface area contributed by atoms with Crippen LogP contribution in [0.4, 0.5) is 5.82 Å². The molecular formula is C12H15N5S. The number of anilines is 1. The highest BCUT2D eigenvalue weighted by atomic mass is 32.2. The van der Waals surface area contributed by atoms with E-state index >= 15 is 0 Å². The van der Waals surface area contributed by atoms with E-state index < -0.39 is 0 Å². The topological polar surface area (TPSA) is 63.6 Å². The summed E-state index contributed by atoms with van der Waals surface area (Å²) < 4.78 is 0. The van der Waals surface area contributed by atoms with E-state index in [9.17, 15) is 0 Å². The van der Waals surface area contributed by atoms with Crippen molar-refractivity contribution in [1.82, 2.24) is 19.9 Å². The number of aromatic nitrogens is 4. The molecule has 0 fully saturated rings. The van der Waals surface area contributed by atoms with Gasteiger partial charge in [0.1, 0.15) is 17.2 Å². The highest BCUT2D eigenvalue weighted by Crippen LogP contribution is 2.33. The largest absolute Gasteiger partial charge is 0.373 e. The van der Waals surface area contributed by atoms with Crippen LogP contribution >= 0.6 is 11.8 Å². The summed E-state index contributed by atoms with van der Waals surface area (Å²) >= 11 is 1.46. The molecule has 0 aromatic carbocycles. The van der Waals surface area contributed by atoms with Crippen LogP contribution in [0.2, 0.25) is 0 Å². The number of rotatable bonds is 4. The molecule has 0 saturated carbocycles. The number of hydrogen-bond donors (Lipinski definition) is 1. The molecule has 0 aliphatic rings. The van der Waals surface area contributed by atoms with Crippen LogP contribution in [0.25, 0.3) is 0 Å². The molecule has 0 aliphatic carbocycles. The van der Waals surface area contributed by atoms with Gasteiger partial charge >= 0.3 is 0 Å². The van der Waals surface area contributed by atoms with Crippen molar-refractivity contribution in [2.45, 2.75) is 29.9 Å². The second-order valence-corrected chi connectivity index (χ2v) is 4.94. The van der Waals surface area contributed by atoms with E-state index in [1.807, 2.05) is 7.05 Å². The summed E-state index contributed by atoms with van der Waals surface area (Å²) in [5, 5.41) is 4.69. The molecule has 0 spiro atoms. The van der Waals surface area contributed by atoms with Crippen molar-refractivity contribution >= 4 is 17.6 Å². The minimum Gasteiger partial charge on any atom is -0.373 e. The summed E-state index contributed by atoms with van der Waals surface area (Å²) in [5.74, 6) is 1.19. The van der Waals surface area contributed by atoms with Gasteiger partial charge in [0.2, 0.25) is 0 Å². The molecule has 2 rings (SSSR count). The summed E-state index contributed by atoms with van der Waals surface area (Å²) in [6.45, 7) is 4.24. The van der Waals surface area contributed by atoms with Crippen LogP contribution < -0.4 is 5.32 Å². The van der Waals surface area contributed by atoms with Crippen molar-refractivity contribution in [2.24, 2.45) is 0 Å². The Balaban J connectivity index is 2.38. The molecule has 5 nitrogen and oxygen atoms in total. The minimum absolute atomic E-state index is 0.333. The molecule has 0 radical (unpaired) electrons. The lowest BCUT2D eigenvalue weighted by molar-refractivity contribution is 0.803. The molecule has 0 bridgehead atoms. The maximum Gasteiger partial charge on any atom is 0.193 e. The molecule has 0 unspecified atom stereocenters. The van der Waals surface area contributed by atoms with Crippen molar-refractivity contribution in [3.8, 4) is 0 Å². The first-order valence-corrected chi connectivity index (χ1v) is 6.51. The summed E-state index contributed by atoms with van der Waals surface area (Å²) in [5.41, 5.74) is 1.09. The standard InChI is InChI=1S/C12H15N5S/c1-8(2)9-10(13-3)16-7-17-11(9)18-12-14-5-4-6-15-12/h4-8H,1-3H3,(H,13,16,17). The summed E-state index contributed by atoms with van der Waals surface area (Å²) in [6, 6.07) is 1.80. The molecule has 94 valence electrons. The third kappa shape index (κ3) is 2.76. The van der Waals surface area contributed by atoms with Crippen LogP contribution in [0.5, 0.6) is 0 Å². The molecule has 0 amide bonds. The van der Waals surface area contributed by atoms with Crippen LogP contribution in [-0.2, 0) is 0 Å². The Bertz CT molecular complexity index is 515. The fourth-order valence-corrected chi connectivity index (χ4v) is 2.55. The summed E-state index contributed by atoms with van der Waals surface area (Å²) in [6.07, 6.45) is 5.01. The van der Waals surface area contributed by atoms with Gasteiger partial charge in [-0.05, 0) is 23.7 Å². The van der Waals surface area contributed by atoms with E-state index in [4.69, 9.17) is 0 Å². The van der Waals surface area contributed by atoms with Crippen molar-refractivity contribution in [3.63, 3.8) is 0 Å². The third-order valence-corrected chi connectivity index (χ3v) is 3.30. The first-order chi connectivity index (χ1) is 8.72. The first kappa shape index (κ1) is 12.8. The van der Waals surface area contributed by atoms with Crippen LogP contribution in [-0.4, -0.2) is 27.0 Å². The molecule has 2 aromatic rings. The maximum absolute atomic E-state index is 4.34. The number of nitrogens with zero attached hydrogens (tertiary/aromatic N) is 4. The van der Waals surface area contributed by atoms with E-state index in [1.54, 1.807) is 24.8 Å². The zero-order valence-corrected chi connectivity index (χ0v) is 11.4. The van der Waals surface area contributed by atoms with E-state index in [0.29, 0.717) is 11.1 Å². The molecular weight excluding hydrogens is 246 g/mol. The van der Waals surface area contributed by atoms with Crippen molar-refractivity contribution in [1.29, 1.82) is 0 Å². The molecule has 1 N–H and O–H groups in total. The Hall–Kier alpha value is -1.69. The summed E-state index contributed by atoms with van der Waals surface area (Å²) in [7, 11) is 1.86. The molecule has 2 aromatic heterocycles. The van der Waals surface area contributed by atoms with Crippen LogP contribution in [0.15, 0.2) is 35.0 Å². The Labute approximate surface area is 110 Å². The predicted octanol–water partition coefficient (Wildman–Crippen LogP) is 2.58. The fraction of sp³-hybridized carbons (Fsp3) is 0.333. The van der Waals surface area contributed by atoms with Gasteiger partial charge in [0, 0.05) is 25.0 Å². The van der Waals surface area contributed by atoms with E-state index in [2.05, 4.69) is 39.1 Å². The molecule has 0 atom stereocenters. The lowest BCUT2D eigenvalue weighted by Crippen LogP contribution is -2.04. The average Bonchev–Trinajstić information content (AvgIpc) is 2.39. The van der Waals surface area contributed by atoms with Gasteiger partial charge in [-0.25, -0.2) is 19.9 Å². The monoisotopic (exact) mass is 261 g/mol. The Kier molecular flexibility index (Phi) is 4.09. The van der Waals surface area contributed by atoms with Crippen LogP contribution in [0.1, 0.15) is 25.3 Å². The molecule has 6 heteroatoms. The second kappa shape index (κ2) is 5.77. The molecule has 0 saturated heterocycles. The maximum atomic E-state index is 4.34. The van der Waals surface area contributed by atoms with Crippen molar-refractivity contribution in [2.75, 3.05) is 12.4 Å². The van der Waals surface area contributed by atoms with Gasteiger partial charge in [0.05, 0.1) is 0 Å². The van der Waals surface area contributed by atoms with E-state index in [1.165, 1.54) is 11.8 Å². The van der Waals surface area contributed by atoms with Crippen molar-refractivity contribution < 1.29 is 0 Å². The highest BCUT2D eigenvalue weighted by Gasteiger charge is 2.15. The SMILES string of the molecule is CNc1ncnc(Sc2ncccn2)c1C(C)C. The molecule has 0 aliphatic heterocycles. The Morgan fingerprint density at radius 3 is 2.44 bits per heavy atom. The quantitative estimate of drug-likeness (QED) is 0.674. The van der Waals surface area contributed by atoms with Gasteiger partial charge in [-0.2, -0.15) is 0 Å². The second-order valence-electron chi connectivity index (χ2n) is 3.98. The van der Waals surface area contributed by atoms with Gasteiger partial charge < -0.3 is 5.32 Å². The Morgan fingerprint density at radius 2 is 1.83 bits per heavy atom. The van der Waals surface area contributed by atoms with E-state index in [0.717, 1.165) is 16.4 Å². The average molecular weight is 261 g/mol. The minimum atomic E-state index is 0.333. The van der Waals surface area contributed by atoms with Gasteiger partial charge in [0.25, 0.3) is 0 Å². The van der Waals surface area contributed by atoms with Crippen LogP contribution in [0.3, 0.4) is 0 Å². The number of nitrogens with one attached hydrogen (secondary N) is 1. The predicted molar refractivity (Wildman–Crippen MR) is 71.8 cm³/mol. The van der Waals surface area contributed by atoms with Gasteiger partial charge in [-0.15, -0.1) is 0 Å². The third-order valence-electron chi connectivity index (χ3n) is 2.39. The molecule has 18 heavy (non-hydrogen) atoms. The normalized spacial score (nSPS) is 10.7.